The first-order valence-corrected chi connectivity index (χ1v) is 4.70. The maximum atomic E-state index is 10.6. The average molecular weight is 170 g/mol. The van der Waals surface area contributed by atoms with Crippen LogP contribution in [-0.4, -0.2) is 12.1 Å². The Bertz CT molecular complexity index is 150. The van der Waals surface area contributed by atoms with Crippen LogP contribution < -0.4 is 0 Å². The minimum Gasteiger partial charge on any atom is -0.459 e. The van der Waals surface area contributed by atoms with Gasteiger partial charge in [0.15, 0.2) is 0 Å². The van der Waals surface area contributed by atoms with E-state index in [1.54, 1.807) is 0 Å². The lowest BCUT2D eigenvalue weighted by molar-refractivity contribution is -0.144. The maximum absolute atomic E-state index is 10.6. The van der Waals surface area contributed by atoms with Crippen molar-refractivity contribution in [2.45, 2.75) is 46.1 Å². The van der Waals surface area contributed by atoms with E-state index in [0.29, 0.717) is 0 Å². The molecule has 12 heavy (non-hydrogen) atoms. The third-order valence-corrected chi connectivity index (χ3v) is 1.55. The number of cyclic esters (lactones) is 1. The molecule has 0 unspecified atom stereocenters. The quantitative estimate of drug-likeness (QED) is 0.595. The normalized spacial score (nSPS) is 20.9. The monoisotopic (exact) mass is 170 g/mol. The Morgan fingerprint density at radius 3 is 2.75 bits per heavy atom. The molecule has 0 saturated carbocycles. The van der Waals surface area contributed by atoms with E-state index in [0.717, 1.165) is 19.3 Å². The van der Waals surface area contributed by atoms with Gasteiger partial charge in [0.1, 0.15) is 6.10 Å². The molecule has 0 amide bonds. The summed E-state index contributed by atoms with van der Waals surface area (Å²) in [6, 6.07) is 0. The molecule has 2 nitrogen and oxygen atoms in total. The zero-order valence-electron chi connectivity index (χ0n) is 8.17. The number of rotatable bonds is 2. The van der Waals surface area contributed by atoms with Crippen molar-refractivity contribution in [3.63, 3.8) is 0 Å². The van der Waals surface area contributed by atoms with Crippen LogP contribution in [0, 0.1) is 0 Å². The summed E-state index contributed by atoms with van der Waals surface area (Å²) in [6.07, 6.45) is 6.46. The first kappa shape index (κ1) is 11.2. The van der Waals surface area contributed by atoms with Crippen LogP contribution in [0.4, 0.5) is 0 Å². The molecule has 1 aliphatic rings. The number of ether oxygens (including phenoxy) is 1. The summed E-state index contributed by atoms with van der Waals surface area (Å²) in [5.74, 6) is -0.190. The minimum absolute atomic E-state index is 0.141. The molecule has 0 saturated heterocycles. The van der Waals surface area contributed by atoms with Gasteiger partial charge in [-0.2, -0.15) is 0 Å². The van der Waals surface area contributed by atoms with Crippen LogP contribution in [0.2, 0.25) is 0 Å². The molecule has 70 valence electrons. The first-order chi connectivity index (χ1) is 5.83. The summed E-state index contributed by atoms with van der Waals surface area (Å²) in [6.45, 7) is 6.09. The Hall–Kier alpha value is -0.790. The highest BCUT2D eigenvalue weighted by atomic mass is 16.5. The predicted molar refractivity (Wildman–Crippen MR) is 49.9 cm³/mol. The molecule has 0 spiro atoms. The van der Waals surface area contributed by atoms with Crippen molar-refractivity contribution in [1.82, 2.24) is 0 Å². The zero-order valence-corrected chi connectivity index (χ0v) is 8.17. The lowest BCUT2D eigenvalue weighted by atomic mass is 10.1. The minimum atomic E-state index is -0.190. The van der Waals surface area contributed by atoms with Gasteiger partial charge in [-0.15, -0.1) is 0 Å². The lowest BCUT2D eigenvalue weighted by Crippen LogP contribution is -2.19. The van der Waals surface area contributed by atoms with Crippen LogP contribution in [0.15, 0.2) is 12.2 Å². The molecule has 0 bridgehead atoms. The van der Waals surface area contributed by atoms with E-state index in [4.69, 9.17) is 4.74 Å². The predicted octanol–water partition coefficient (Wildman–Crippen LogP) is 2.68. The number of esters is 1. The Labute approximate surface area is 74.6 Å². The Morgan fingerprint density at radius 1 is 1.58 bits per heavy atom. The second kappa shape index (κ2) is 6.89. The highest BCUT2D eigenvalue weighted by Crippen LogP contribution is 2.11. The van der Waals surface area contributed by atoms with E-state index in [1.807, 2.05) is 19.9 Å². The van der Waals surface area contributed by atoms with Crippen LogP contribution in [0.5, 0.6) is 0 Å². The molecule has 0 aliphatic carbocycles. The molecule has 0 N–H and O–H groups in total. The van der Waals surface area contributed by atoms with Gasteiger partial charge in [-0.25, -0.2) is 4.79 Å². The van der Waals surface area contributed by atoms with Crippen molar-refractivity contribution in [2.24, 2.45) is 0 Å². The van der Waals surface area contributed by atoms with Gasteiger partial charge in [-0.05, 0) is 6.42 Å². The van der Waals surface area contributed by atoms with Crippen molar-refractivity contribution < 1.29 is 9.53 Å². The van der Waals surface area contributed by atoms with E-state index < -0.39 is 0 Å². The van der Waals surface area contributed by atoms with E-state index in [-0.39, 0.29) is 12.1 Å². The smallest absolute Gasteiger partial charge is 0.330 e. The van der Waals surface area contributed by atoms with Crippen LogP contribution in [-0.2, 0) is 9.53 Å². The maximum Gasteiger partial charge on any atom is 0.330 e. The average Bonchev–Trinajstić information content (AvgIpc) is 2.09. The van der Waals surface area contributed by atoms with Crippen molar-refractivity contribution in [3.05, 3.63) is 12.2 Å². The molecule has 0 radical (unpaired) electrons. The van der Waals surface area contributed by atoms with Gasteiger partial charge in [0.2, 0.25) is 0 Å². The van der Waals surface area contributed by atoms with Gasteiger partial charge < -0.3 is 4.74 Å². The molecule has 1 heterocycles. The van der Waals surface area contributed by atoms with Gasteiger partial charge in [-0.3, -0.25) is 0 Å². The molecule has 1 atom stereocenters. The number of carbonyl (C=O) groups excluding carboxylic acids is 1. The fourth-order valence-corrected chi connectivity index (χ4v) is 1.07. The van der Waals surface area contributed by atoms with E-state index in [1.165, 1.54) is 6.08 Å². The Balaban J connectivity index is 0.000000561. The van der Waals surface area contributed by atoms with Crippen molar-refractivity contribution in [1.29, 1.82) is 0 Å². The molecular weight excluding hydrogens is 152 g/mol. The third-order valence-electron chi connectivity index (χ3n) is 1.55. The largest absolute Gasteiger partial charge is 0.459 e. The molecule has 1 aliphatic heterocycles. The van der Waals surface area contributed by atoms with Crippen LogP contribution in [0.1, 0.15) is 40.0 Å². The van der Waals surface area contributed by atoms with Crippen molar-refractivity contribution in [3.8, 4) is 0 Å². The summed E-state index contributed by atoms with van der Waals surface area (Å²) in [5.41, 5.74) is 0. The molecule has 0 aromatic rings. The topological polar surface area (TPSA) is 26.3 Å². The van der Waals surface area contributed by atoms with Crippen LogP contribution in [0.3, 0.4) is 0 Å². The molecular formula is C10H18O2. The lowest BCUT2D eigenvalue weighted by Gasteiger charge is -2.17. The summed E-state index contributed by atoms with van der Waals surface area (Å²) >= 11 is 0. The summed E-state index contributed by atoms with van der Waals surface area (Å²) < 4.78 is 5.00. The fourth-order valence-electron chi connectivity index (χ4n) is 1.07. The standard InChI is InChI=1S/C8H12O2.C2H6/c1-2-4-7-5-3-6-8(9)10-7;1-2/h3,6-7H,2,4-5H2,1H3;1-2H3/t7-;/m0./s1. The number of hydrogen-bond acceptors (Lipinski definition) is 2. The second-order valence-corrected chi connectivity index (χ2v) is 2.49. The SMILES string of the molecule is CC.CCC[C@H]1CC=CC(=O)O1. The van der Waals surface area contributed by atoms with Crippen molar-refractivity contribution in [2.75, 3.05) is 0 Å². The summed E-state index contributed by atoms with van der Waals surface area (Å²) in [7, 11) is 0. The van der Waals surface area contributed by atoms with E-state index in [2.05, 4.69) is 6.92 Å². The van der Waals surface area contributed by atoms with Gasteiger partial charge in [0.05, 0.1) is 0 Å². The summed E-state index contributed by atoms with van der Waals surface area (Å²) in [4.78, 5) is 10.6. The highest BCUT2D eigenvalue weighted by molar-refractivity contribution is 5.82. The molecule has 1 rings (SSSR count). The number of hydrogen-bond donors (Lipinski definition) is 0. The van der Waals surface area contributed by atoms with Gasteiger partial charge in [0.25, 0.3) is 0 Å². The van der Waals surface area contributed by atoms with Crippen molar-refractivity contribution >= 4 is 5.97 Å². The Kier molecular flexibility index (Phi) is 6.44. The van der Waals surface area contributed by atoms with E-state index in [9.17, 15) is 4.79 Å². The van der Waals surface area contributed by atoms with Gasteiger partial charge in [-0.1, -0.05) is 33.3 Å². The van der Waals surface area contributed by atoms with Gasteiger partial charge >= 0.3 is 5.97 Å². The fraction of sp³-hybridized carbons (Fsp3) is 0.700. The number of carbonyl (C=O) groups is 1. The third kappa shape index (κ3) is 4.16. The molecule has 2 heteroatoms. The Morgan fingerprint density at radius 2 is 2.25 bits per heavy atom. The van der Waals surface area contributed by atoms with Gasteiger partial charge in [0, 0.05) is 12.5 Å². The van der Waals surface area contributed by atoms with E-state index >= 15 is 0 Å². The van der Waals surface area contributed by atoms with Crippen LogP contribution >= 0.6 is 0 Å². The van der Waals surface area contributed by atoms with Crippen LogP contribution in [0.25, 0.3) is 0 Å². The zero-order chi connectivity index (χ0) is 9.40. The first-order valence-electron chi connectivity index (χ1n) is 4.70. The molecule has 0 aromatic carbocycles. The molecule has 0 aromatic heterocycles. The molecule has 0 fully saturated rings. The highest BCUT2D eigenvalue weighted by Gasteiger charge is 2.13. The summed E-state index contributed by atoms with van der Waals surface area (Å²) in [5, 5.41) is 0. The second-order valence-electron chi connectivity index (χ2n) is 2.49.